The summed E-state index contributed by atoms with van der Waals surface area (Å²) in [6, 6.07) is 19.7. The molecule has 0 bridgehead atoms. The number of fused-ring (bicyclic) bond motifs is 2. The van der Waals surface area contributed by atoms with E-state index in [0.717, 1.165) is 0 Å². The Bertz CT molecular complexity index is 1500. The second-order valence-corrected chi connectivity index (χ2v) is 12.1. The first kappa shape index (κ1) is 32.6. The van der Waals surface area contributed by atoms with Crippen molar-refractivity contribution < 1.29 is 0 Å². The van der Waals surface area contributed by atoms with Gasteiger partial charge in [0.2, 0.25) is 0 Å². The minimum absolute atomic E-state index is 0.106. The molecule has 0 aliphatic rings. The largest absolute Gasteiger partial charge is 0.0683 e. The summed E-state index contributed by atoms with van der Waals surface area (Å²) >= 11 is 0. The Labute approximate surface area is 240 Å². The molecule has 0 amide bonds. The average Bonchev–Trinajstić information content (AvgIpc) is 2.92. The van der Waals surface area contributed by atoms with Crippen molar-refractivity contribution in [2.24, 2.45) is 0 Å². The Morgan fingerprint density at radius 3 is 0.974 bits per heavy atom. The zero-order chi connectivity index (χ0) is 29.8. The summed E-state index contributed by atoms with van der Waals surface area (Å²) in [7, 11) is 0. The van der Waals surface area contributed by atoms with Crippen LogP contribution in [0.1, 0.15) is 144 Å². The van der Waals surface area contributed by atoms with Gasteiger partial charge in [-0.1, -0.05) is 146 Å². The summed E-state index contributed by atoms with van der Waals surface area (Å²) in [4.78, 5) is 0. The summed E-state index contributed by atoms with van der Waals surface area (Å²) < 4.78 is 0. The maximum Gasteiger partial charge on any atom is -0.00260 e. The fourth-order valence-corrected chi connectivity index (χ4v) is 5.38. The van der Waals surface area contributed by atoms with E-state index in [1.54, 1.807) is 0 Å². The topological polar surface area (TPSA) is 0 Å². The predicted octanol–water partition coefficient (Wildman–Crippen LogP) is 13.5. The van der Waals surface area contributed by atoms with Crippen LogP contribution in [0.3, 0.4) is 0 Å². The lowest BCUT2D eigenvalue weighted by atomic mass is 9.80. The lowest BCUT2D eigenvalue weighted by Gasteiger charge is -2.24. The van der Waals surface area contributed by atoms with E-state index in [9.17, 15) is 0 Å². The first-order valence-electron chi connectivity index (χ1n) is 15.7. The molecule has 0 unspecified atom stereocenters. The van der Waals surface area contributed by atoms with Crippen molar-refractivity contribution in [3.05, 3.63) is 70.8 Å². The molecule has 39 heavy (non-hydrogen) atoms. The van der Waals surface area contributed by atoms with Crippen LogP contribution in [0.5, 0.6) is 0 Å². The molecule has 0 heterocycles. The third-order valence-electron chi connectivity index (χ3n) is 7.61. The third-order valence-corrected chi connectivity index (χ3v) is 7.61. The van der Waals surface area contributed by atoms with Crippen molar-refractivity contribution in [3.8, 4) is 0 Å². The fourth-order valence-electron chi connectivity index (χ4n) is 5.38. The third kappa shape index (κ3) is 6.26. The van der Waals surface area contributed by atoms with Gasteiger partial charge in [0.25, 0.3) is 0 Å². The summed E-state index contributed by atoms with van der Waals surface area (Å²) in [6.07, 6.45) is 0. The van der Waals surface area contributed by atoms with Crippen LogP contribution in [0.2, 0.25) is 0 Å². The van der Waals surface area contributed by atoms with Crippen LogP contribution in [0.25, 0.3) is 43.1 Å². The number of hydrogen-bond donors (Lipinski definition) is 0. The van der Waals surface area contributed by atoms with Crippen LogP contribution in [-0.4, -0.2) is 0 Å². The summed E-state index contributed by atoms with van der Waals surface area (Å²) in [6.45, 7) is 32.9. The summed E-state index contributed by atoms with van der Waals surface area (Å²) in [5.74, 6) is 1.51. The highest BCUT2D eigenvalue weighted by molar-refractivity contribution is 6.33. The normalized spacial score (nSPS) is 11.6. The van der Waals surface area contributed by atoms with Gasteiger partial charge in [0.15, 0.2) is 0 Å². The molecule has 0 saturated carbocycles. The van der Waals surface area contributed by atoms with Crippen molar-refractivity contribution in [1.29, 1.82) is 0 Å². The van der Waals surface area contributed by atoms with E-state index in [4.69, 9.17) is 0 Å². The van der Waals surface area contributed by atoms with E-state index in [2.05, 4.69) is 111 Å². The van der Waals surface area contributed by atoms with Crippen molar-refractivity contribution in [2.45, 2.75) is 127 Å². The molecule has 0 heteroatoms. The Morgan fingerprint density at radius 2 is 0.692 bits per heavy atom. The van der Waals surface area contributed by atoms with E-state index in [0.29, 0.717) is 17.8 Å². The number of benzene rings is 5. The van der Waals surface area contributed by atoms with Crippen LogP contribution in [0.4, 0.5) is 0 Å². The van der Waals surface area contributed by atoms with Gasteiger partial charge in [-0.05, 0) is 94.6 Å². The highest BCUT2D eigenvalue weighted by Gasteiger charge is 2.21. The van der Waals surface area contributed by atoms with Gasteiger partial charge >= 0.3 is 0 Å². The molecule has 0 aromatic heterocycles. The monoisotopic (exact) mass is 524 g/mol. The molecule has 0 fully saturated rings. The van der Waals surface area contributed by atoms with Crippen LogP contribution in [0.15, 0.2) is 48.5 Å². The minimum Gasteiger partial charge on any atom is -0.0683 e. The lowest BCUT2D eigenvalue weighted by Crippen LogP contribution is -2.11. The van der Waals surface area contributed by atoms with Gasteiger partial charge in [0.05, 0.1) is 0 Å². The number of rotatable bonds is 3. The van der Waals surface area contributed by atoms with Crippen molar-refractivity contribution in [2.75, 3.05) is 0 Å². The molecule has 5 rings (SSSR count). The Kier molecular flexibility index (Phi) is 11.0. The maximum absolute atomic E-state index is 2.49. The van der Waals surface area contributed by atoms with E-state index in [1.165, 1.54) is 65.3 Å². The van der Waals surface area contributed by atoms with Crippen molar-refractivity contribution >= 4 is 43.1 Å². The van der Waals surface area contributed by atoms with Gasteiger partial charge in [-0.15, -0.1) is 0 Å². The molecule has 0 aliphatic carbocycles. The van der Waals surface area contributed by atoms with Crippen molar-refractivity contribution in [1.82, 2.24) is 0 Å². The summed E-state index contributed by atoms with van der Waals surface area (Å²) in [5.41, 5.74) is 5.82. The maximum atomic E-state index is 2.49. The van der Waals surface area contributed by atoms with Gasteiger partial charge in [-0.2, -0.15) is 0 Å². The highest BCUT2D eigenvalue weighted by atomic mass is 14.2. The smallest absolute Gasteiger partial charge is 0.00260 e. The molecule has 0 radical (unpaired) electrons. The minimum atomic E-state index is 0.106. The molecule has 0 aliphatic heterocycles. The molecular formula is C39H56. The lowest BCUT2D eigenvalue weighted by molar-refractivity contribution is 0.592. The SMILES string of the molecule is CC.CC.CC.CC(C)c1cc2cc(C(C)C)cc3c4cc(C(C)(C)C)cc5cc(C(C)C)cc(c(c1)c23)c54. The van der Waals surface area contributed by atoms with E-state index in [1.807, 2.05) is 41.5 Å². The van der Waals surface area contributed by atoms with Gasteiger partial charge in [0.1, 0.15) is 0 Å². The molecule has 5 aromatic carbocycles. The summed E-state index contributed by atoms with van der Waals surface area (Å²) in [5, 5.41) is 11.3. The van der Waals surface area contributed by atoms with E-state index in [-0.39, 0.29) is 5.41 Å². The van der Waals surface area contributed by atoms with Crippen LogP contribution in [-0.2, 0) is 5.41 Å². The van der Waals surface area contributed by atoms with E-state index >= 15 is 0 Å². The second-order valence-electron chi connectivity index (χ2n) is 12.1. The molecular weight excluding hydrogens is 468 g/mol. The van der Waals surface area contributed by atoms with Crippen LogP contribution < -0.4 is 0 Å². The van der Waals surface area contributed by atoms with Gasteiger partial charge < -0.3 is 0 Å². The molecule has 5 aromatic rings. The van der Waals surface area contributed by atoms with E-state index < -0.39 is 0 Å². The van der Waals surface area contributed by atoms with Crippen LogP contribution >= 0.6 is 0 Å². The fraction of sp³-hybridized carbons (Fsp3) is 0.487. The number of hydrogen-bond acceptors (Lipinski definition) is 0. The molecule has 0 saturated heterocycles. The Balaban J connectivity index is 0.000000833. The molecule has 0 N–H and O–H groups in total. The van der Waals surface area contributed by atoms with Gasteiger partial charge in [-0.25, -0.2) is 0 Å². The first-order valence-corrected chi connectivity index (χ1v) is 15.7. The standard InChI is InChI=1S/C33H38.3C2H6/c1-18(2)21-10-24-11-22(19(3)4)16-29-30-17-26(33(7,8)9)13-25-12-23(20(5)6)15-28(32(25)30)27(14-21)31(24)29;3*1-2/h10-20H,1-9H3;3*1-2H3. The Hall–Kier alpha value is -2.60. The van der Waals surface area contributed by atoms with Crippen LogP contribution in [0, 0.1) is 0 Å². The molecule has 212 valence electrons. The van der Waals surface area contributed by atoms with Gasteiger partial charge in [0, 0.05) is 0 Å². The zero-order valence-corrected chi connectivity index (χ0v) is 27.9. The second kappa shape index (κ2) is 13.2. The molecule has 0 atom stereocenters. The first-order chi connectivity index (χ1) is 18.5. The average molecular weight is 525 g/mol. The Morgan fingerprint density at radius 1 is 0.410 bits per heavy atom. The highest BCUT2D eigenvalue weighted by Crippen LogP contribution is 2.45. The molecule has 0 spiro atoms. The van der Waals surface area contributed by atoms with Crippen molar-refractivity contribution in [3.63, 3.8) is 0 Å². The molecule has 0 nitrogen and oxygen atoms in total. The van der Waals surface area contributed by atoms with Gasteiger partial charge in [-0.3, -0.25) is 0 Å². The predicted molar refractivity (Wildman–Crippen MR) is 183 cm³/mol. The zero-order valence-electron chi connectivity index (χ0n) is 27.9. The quantitative estimate of drug-likeness (QED) is 0.163.